The van der Waals surface area contributed by atoms with Gasteiger partial charge in [-0.05, 0) is 37.6 Å². The van der Waals surface area contributed by atoms with Gasteiger partial charge in [-0.1, -0.05) is 30.3 Å². The van der Waals surface area contributed by atoms with E-state index in [0.29, 0.717) is 12.2 Å². The lowest BCUT2D eigenvalue weighted by Crippen LogP contribution is -2.13. The summed E-state index contributed by atoms with van der Waals surface area (Å²) in [6, 6.07) is 17.6. The highest BCUT2D eigenvalue weighted by molar-refractivity contribution is 6.06. The average molecular weight is 374 g/mol. The highest BCUT2D eigenvalue weighted by Crippen LogP contribution is 2.24. The predicted molar refractivity (Wildman–Crippen MR) is 110 cm³/mol. The molecule has 0 aliphatic heterocycles. The molecule has 0 saturated carbocycles. The predicted octanol–water partition coefficient (Wildman–Crippen LogP) is 4.29. The second-order valence-corrected chi connectivity index (χ2v) is 6.78. The number of nitrogens with one attached hydrogen (secondary N) is 2. The first kappa shape index (κ1) is 17.9. The Hall–Kier alpha value is -3.54. The molecule has 0 fully saturated rings. The number of hydrogen-bond acceptors (Lipinski definition) is 3. The van der Waals surface area contributed by atoms with Gasteiger partial charge in [0.25, 0.3) is 5.91 Å². The molecule has 0 atom stereocenters. The van der Waals surface area contributed by atoms with Crippen molar-refractivity contribution >= 4 is 22.5 Å². The highest BCUT2D eigenvalue weighted by atomic mass is 16.5. The fourth-order valence-electron chi connectivity index (χ4n) is 3.32. The average Bonchev–Trinajstić information content (AvgIpc) is 3.24. The molecule has 0 bridgehead atoms. The van der Waals surface area contributed by atoms with Gasteiger partial charge in [0.05, 0.1) is 30.7 Å². The Labute approximate surface area is 163 Å². The normalized spacial score (nSPS) is 11.0. The van der Waals surface area contributed by atoms with Gasteiger partial charge in [0, 0.05) is 17.0 Å². The summed E-state index contributed by atoms with van der Waals surface area (Å²) >= 11 is 0. The van der Waals surface area contributed by atoms with Crippen LogP contribution in [0.25, 0.3) is 10.9 Å². The third-order valence-corrected chi connectivity index (χ3v) is 4.87. The summed E-state index contributed by atoms with van der Waals surface area (Å²) < 4.78 is 7.15. The maximum Gasteiger partial charge on any atom is 0.272 e. The van der Waals surface area contributed by atoms with Crippen molar-refractivity contribution in [2.75, 3.05) is 12.4 Å². The van der Waals surface area contributed by atoms with Gasteiger partial charge in [-0.3, -0.25) is 9.48 Å². The number of nitrogens with zero attached hydrogens (tertiary/aromatic N) is 2. The SMILES string of the molecule is COc1ccc2cc(C(=O)Nc3c(C)nn(Cc4ccccc4)c3C)[nH]c2c1. The fraction of sp³-hybridized carbons (Fsp3) is 0.182. The van der Waals surface area contributed by atoms with Gasteiger partial charge >= 0.3 is 0 Å². The van der Waals surface area contributed by atoms with E-state index in [-0.39, 0.29) is 5.91 Å². The third kappa shape index (κ3) is 3.36. The topological polar surface area (TPSA) is 71.9 Å². The molecule has 0 aliphatic rings. The van der Waals surface area contributed by atoms with Crippen LogP contribution in [0, 0.1) is 13.8 Å². The molecule has 0 spiro atoms. The first-order valence-electron chi connectivity index (χ1n) is 9.11. The lowest BCUT2D eigenvalue weighted by molar-refractivity contribution is 0.102. The van der Waals surface area contributed by atoms with Crippen LogP contribution >= 0.6 is 0 Å². The van der Waals surface area contributed by atoms with Crippen LogP contribution in [0.5, 0.6) is 5.75 Å². The van der Waals surface area contributed by atoms with Crippen molar-refractivity contribution in [1.29, 1.82) is 0 Å². The molecule has 4 rings (SSSR count). The second kappa shape index (κ2) is 7.23. The largest absolute Gasteiger partial charge is 0.497 e. The number of carbonyl (C=O) groups is 1. The number of ether oxygens (including phenoxy) is 1. The number of amides is 1. The van der Waals surface area contributed by atoms with Crippen LogP contribution in [-0.4, -0.2) is 27.8 Å². The first-order valence-corrected chi connectivity index (χ1v) is 9.11. The smallest absolute Gasteiger partial charge is 0.272 e. The number of anilines is 1. The van der Waals surface area contributed by atoms with Crippen LogP contribution in [0.4, 0.5) is 5.69 Å². The zero-order valence-electron chi connectivity index (χ0n) is 16.1. The third-order valence-electron chi connectivity index (χ3n) is 4.87. The van der Waals surface area contributed by atoms with Crippen LogP contribution < -0.4 is 10.1 Å². The minimum Gasteiger partial charge on any atom is -0.497 e. The number of aromatic amines is 1. The molecule has 6 heteroatoms. The van der Waals surface area contributed by atoms with Crippen LogP contribution in [0.2, 0.25) is 0 Å². The number of hydrogen-bond donors (Lipinski definition) is 2. The molecule has 0 saturated heterocycles. The van der Waals surface area contributed by atoms with E-state index in [1.807, 2.05) is 61.0 Å². The van der Waals surface area contributed by atoms with Crippen molar-refractivity contribution in [2.45, 2.75) is 20.4 Å². The van der Waals surface area contributed by atoms with Crippen LogP contribution in [0.3, 0.4) is 0 Å². The van der Waals surface area contributed by atoms with Gasteiger partial charge < -0.3 is 15.0 Å². The van der Waals surface area contributed by atoms with Crippen LogP contribution in [0.1, 0.15) is 27.4 Å². The molecule has 4 aromatic rings. The Morgan fingerprint density at radius 2 is 1.93 bits per heavy atom. The summed E-state index contributed by atoms with van der Waals surface area (Å²) in [6.45, 7) is 4.53. The van der Waals surface area contributed by atoms with E-state index in [9.17, 15) is 4.79 Å². The van der Waals surface area contributed by atoms with E-state index in [1.54, 1.807) is 7.11 Å². The monoisotopic (exact) mass is 374 g/mol. The summed E-state index contributed by atoms with van der Waals surface area (Å²) in [5.74, 6) is 0.552. The molecule has 2 N–H and O–H groups in total. The van der Waals surface area contributed by atoms with Gasteiger partial charge in [-0.15, -0.1) is 0 Å². The lowest BCUT2D eigenvalue weighted by Gasteiger charge is -2.06. The van der Waals surface area contributed by atoms with Crippen molar-refractivity contribution in [2.24, 2.45) is 0 Å². The van der Waals surface area contributed by atoms with E-state index in [0.717, 1.165) is 39.3 Å². The molecule has 0 radical (unpaired) electrons. The summed E-state index contributed by atoms with van der Waals surface area (Å²) in [6.07, 6.45) is 0. The molecule has 6 nitrogen and oxygen atoms in total. The van der Waals surface area contributed by atoms with Crippen LogP contribution in [-0.2, 0) is 6.54 Å². The van der Waals surface area contributed by atoms with Crippen molar-refractivity contribution in [3.63, 3.8) is 0 Å². The zero-order valence-corrected chi connectivity index (χ0v) is 16.1. The maximum absolute atomic E-state index is 12.8. The number of benzene rings is 2. The molecule has 0 unspecified atom stereocenters. The first-order chi connectivity index (χ1) is 13.5. The minimum atomic E-state index is -0.194. The molecule has 2 heterocycles. The Balaban J connectivity index is 1.58. The molecule has 2 aromatic carbocycles. The van der Waals surface area contributed by atoms with Gasteiger partial charge in [0.2, 0.25) is 0 Å². The fourth-order valence-corrected chi connectivity index (χ4v) is 3.32. The lowest BCUT2D eigenvalue weighted by atomic mass is 10.2. The number of H-pyrrole nitrogens is 1. The Morgan fingerprint density at radius 1 is 1.14 bits per heavy atom. The van der Waals surface area contributed by atoms with Crippen LogP contribution in [0.15, 0.2) is 54.6 Å². The van der Waals surface area contributed by atoms with E-state index < -0.39 is 0 Å². The van der Waals surface area contributed by atoms with Gasteiger partial charge in [-0.2, -0.15) is 5.10 Å². The molecule has 142 valence electrons. The summed E-state index contributed by atoms with van der Waals surface area (Å²) in [5.41, 5.74) is 4.98. The molecule has 2 aromatic heterocycles. The second-order valence-electron chi connectivity index (χ2n) is 6.78. The Morgan fingerprint density at radius 3 is 2.68 bits per heavy atom. The Bertz CT molecular complexity index is 1140. The van der Waals surface area contributed by atoms with E-state index >= 15 is 0 Å². The molecule has 0 aliphatic carbocycles. The zero-order chi connectivity index (χ0) is 19.7. The summed E-state index contributed by atoms with van der Waals surface area (Å²) in [7, 11) is 1.62. The number of methoxy groups -OCH3 is 1. The van der Waals surface area contributed by atoms with Crippen molar-refractivity contribution in [3.8, 4) is 5.75 Å². The van der Waals surface area contributed by atoms with Gasteiger partial charge in [0.1, 0.15) is 11.4 Å². The maximum atomic E-state index is 12.8. The molecule has 28 heavy (non-hydrogen) atoms. The van der Waals surface area contributed by atoms with E-state index in [2.05, 4.69) is 27.5 Å². The quantitative estimate of drug-likeness (QED) is 0.547. The summed E-state index contributed by atoms with van der Waals surface area (Å²) in [4.78, 5) is 16.0. The highest BCUT2D eigenvalue weighted by Gasteiger charge is 2.17. The van der Waals surface area contributed by atoms with E-state index in [1.165, 1.54) is 0 Å². The molecule has 1 amide bonds. The summed E-state index contributed by atoms with van der Waals surface area (Å²) in [5, 5.41) is 8.56. The number of rotatable bonds is 5. The van der Waals surface area contributed by atoms with Crippen molar-refractivity contribution in [1.82, 2.24) is 14.8 Å². The standard InChI is InChI=1S/C22H22N4O2/c1-14-21(15(2)26(25-14)13-16-7-5-4-6-8-16)24-22(27)20-11-17-9-10-18(28-3)12-19(17)23-20/h4-12,23H,13H2,1-3H3,(H,24,27). The molecular formula is C22H22N4O2. The van der Waals surface area contributed by atoms with Crippen molar-refractivity contribution in [3.05, 3.63) is 77.2 Å². The van der Waals surface area contributed by atoms with Gasteiger partial charge in [0.15, 0.2) is 0 Å². The number of aryl methyl sites for hydroxylation is 1. The molecular weight excluding hydrogens is 352 g/mol. The Kier molecular flexibility index (Phi) is 4.61. The minimum absolute atomic E-state index is 0.194. The van der Waals surface area contributed by atoms with Crippen molar-refractivity contribution < 1.29 is 9.53 Å². The number of aromatic nitrogens is 3. The number of fused-ring (bicyclic) bond motifs is 1. The van der Waals surface area contributed by atoms with E-state index in [4.69, 9.17) is 4.74 Å². The van der Waals surface area contributed by atoms with Gasteiger partial charge in [-0.25, -0.2) is 0 Å². The number of carbonyl (C=O) groups excluding carboxylic acids is 1.